The van der Waals surface area contributed by atoms with Gasteiger partial charge >= 0.3 is 19.8 Å². The summed E-state index contributed by atoms with van der Waals surface area (Å²) in [5, 5.41) is 0. The lowest BCUT2D eigenvalue weighted by Gasteiger charge is -2.19. The van der Waals surface area contributed by atoms with E-state index in [1.807, 2.05) is 0 Å². The van der Waals surface area contributed by atoms with Crippen molar-refractivity contribution in [3.05, 3.63) is 194 Å². The molecule has 2 atom stereocenters. The van der Waals surface area contributed by atoms with Crippen LogP contribution in [-0.4, -0.2) is 49.3 Å². The summed E-state index contributed by atoms with van der Waals surface area (Å²) in [6.07, 6.45) is 115. The molecule has 3 N–H and O–H groups in total. The summed E-state index contributed by atoms with van der Waals surface area (Å²) >= 11 is 0. The number of unbranched alkanes of at least 4 members (excludes halogenated alkanes) is 22. The van der Waals surface area contributed by atoms with Gasteiger partial charge in [0.25, 0.3) is 0 Å². The number of allylic oxidation sites excluding steroid dienone is 32. The maximum atomic E-state index is 12.8. The van der Waals surface area contributed by atoms with Crippen LogP contribution in [0.15, 0.2) is 194 Å². The molecule has 10 heteroatoms. The minimum absolute atomic E-state index is 0.0426. The predicted octanol–water partition coefficient (Wildman–Crippen LogP) is 24.9. The summed E-state index contributed by atoms with van der Waals surface area (Å²) < 4.78 is 33.2. The van der Waals surface area contributed by atoms with Crippen molar-refractivity contribution in [2.75, 3.05) is 26.4 Å². The van der Waals surface area contributed by atoms with Crippen molar-refractivity contribution in [2.24, 2.45) is 5.73 Å². The van der Waals surface area contributed by atoms with E-state index in [-0.39, 0.29) is 38.6 Å². The highest BCUT2D eigenvalue weighted by Crippen LogP contribution is 2.43. The van der Waals surface area contributed by atoms with Gasteiger partial charge in [-0.3, -0.25) is 18.6 Å². The van der Waals surface area contributed by atoms with Gasteiger partial charge in [-0.1, -0.05) is 324 Å². The van der Waals surface area contributed by atoms with Crippen LogP contribution in [0.3, 0.4) is 0 Å². The van der Waals surface area contributed by atoms with E-state index in [9.17, 15) is 19.0 Å². The monoisotopic (exact) mass is 1300 g/mol. The third-order valence-corrected chi connectivity index (χ3v) is 16.0. The van der Waals surface area contributed by atoms with Gasteiger partial charge in [0.15, 0.2) is 6.10 Å². The first-order valence-corrected chi connectivity index (χ1v) is 38.4. The van der Waals surface area contributed by atoms with Gasteiger partial charge in [0, 0.05) is 19.4 Å². The van der Waals surface area contributed by atoms with Crippen LogP contribution in [0.2, 0.25) is 0 Å². The standard InChI is InChI=1S/C83H134NO8P/c1-3-5-7-9-11-13-15-17-19-21-23-25-27-29-31-33-35-36-37-38-39-40-41-42-43-44-46-48-50-52-54-56-58-60-62-64-66-68-70-72-74-76-83(86)92-81(80-91-93(87,88)90-78-77-84)79-89-82(85)75-73-71-69-67-65-63-61-59-57-55-53-51-49-47-45-34-32-30-28-26-24-22-20-18-16-14-12-10-8-6-4-2/h5-8,11-14,17-20,23-26,29-32,35-36,38-39,41-42,44,46,50,52,56,58,81H,3-4,9-10,15-16,21-22,27-28,33-34,37,40,43,45,47-49,51,53-55,57,59-80,84H2,1-2H3,(H,87,88)/b7-5-,8-6-,13-11-,14-12-,19-17-,20-18-,25-23-,26-24-,31-29-,32-30-,36-35-,39-38-,42-41-,46-44-,52-50-,58-56-. The highest BCUT2D eigenvalue weighted by Gasteiger charge is 2.26. The Morgan fingerprint density at radius 1 is 0.323 bits per heavy atom. The summed E-state index contributed by atoms with van der Waals surface area (Å²) in [6.45, 7) is 3.50. The Morgan fingerprint density at radius 2 is 0.559 bits per heavy atom. The lowest BCUT2D eigenvalue weighted by molar-refractivity contribution is -0.161. The highest BCUT2D eigenvalue weighted by atomic mass is 31.2. The average Bonchev–Trinajstić information content (AvgIpc) is 3.49. The quantitative estimate of drug-likeness (QED) is 0.0264. The van der Waals surface area contributed by atoms with Gasteiger partial charge < -0.3 is 20.1 Å². The van der Waals surface area contributed by atoms with E-state index < -0.39 is 26.5 Å². The van der Waals surface area contributed by atoms with Crippen molar-refractivity contribution in [3.63, 3.8) is 0 Å². The first-order valence-electron chi connectivity index (χ1n) is 36.9. The maximum Gasteiger partial charge on any atom is 0.472 e. The number of carbonyl (C=O) groups is 2. The third kappa shape index (κ3) is 75.8. The molecule has 0 radical (unpaired) electrons. The summed E-state index contributed by atoms with van der Waals surface area (Å²) in [6, 6.07) is 0. The molecule has 0 aliphatic rings. The second-order valence-electron chi connectivity index (χ2n) is 23.7. The van der Waals surface area contributed by atoms with E-state index in [0.29, 0.717) is 6.42 Å². The minimum Gasteiger partial charge on any atom is -0.462 e. The van der Waals surface area contributed by atoms with Crippen LogP contribution in [0, 0.1) is 0 Å². The number of nitrogens with two attached hydrogens (primary N) is 1. The Hall–Kier alpha value is -5.15. The van der Waals surface area contributed by atoms with Crippen molar-refractivity contribution >= 4 is 19.8 Å². The van der Waals surface area contributed by atoms with Gasteiger partial charge in [0.05, 0.1) is 13.2 Å². The number of phosphoric ester groups is 1. The van der Waals surface area contributed by atoms with Crippen LogP contribution in [0.4, 0.5) is 0 Å². The van der Waals surface area contributed by atoms with E-state index >= 15 is 0 Å². The zero-order valence-corrected chi connectivity index (χ0v) is 59.8. The van der Waals surface area contributed by atoms with Crippen molar-refractivity contribution in [3.8, 4) is 0 Å². The number of phosphoric acid groups is 1. The zero-order chi connectivity index (χ0) is 67.2. The van der Waals surface area contributed by atoms with E-state index in [0.717, 1.165) is 154 Å². The molecule has 524 valence electrons. The fourth-order valence-corrected chi connectivity index (χ4v) is 10.4. The Balaban J connectivity index is 3.97. The number of ether oxygens (including phenoxy) is 2. The number of esters is 2. The Kier molecular flexibility index (Phi) is 71.7. The van der Waals surface area contributed by atoms with Crippen LogP contribution in [0.25, 0.3) is 0 Å². The largest absolute Gasteiger partial charge is 0.472 e. The molecule has 2 unspecified atom stereocenters. The Morgan fingerprint density at radius 3 is 0.828 bits per heavy atom. The van der Waals surface area contributed by atoms with Crippen LogP contribution in [0.5, 0.6) is 0 Å². The fraction of sp³-hybridized carbons (Fsp3) is 0.590. The normalized spacial score (nSPS) is 14.1. The van der Waals surface area contributed by atoms with Crippen molar-refractivity contribution in [1.82, 2.24) is 0 Å². The maximum absolute atomic E-state index is 12.8. The molecule has 0 aromatic carbocycles. The molecule has 0 bridgehead atoms. The molecule has 0 aliphatic heterocycles. The minimum atomic E-state index is -4.41. The van der Waals surface area contributed by atoms with Gasteiger partial charge in [-0.2, -0.15) is 0 Å². The molecule has 93 heavy (non-hydrogen) atoms. The average molecular weight is 1300 g/mol. The van der Waals surface area contributed by atoms with Crippen molar-refractivity contribution < 1.29 is 37.6 Å². The molecule has 0 aromatic heterocycles. The molecule has 0 spiro atoms. The number of carbonyl (C=O) groups excluding carboxylic acids is 2. The smallest absolute Gasteiger partial charge is 0.462 e. The number of hydrogen-bond donors (Lipinski definition) is 2. The Labute approximate surface area is 570 Å². The molecule has 0 saturated carbocycles. The van der Waals surface area contributed by atoms with Crippen molar-refractivity contribution in [1.29, 1.82) is 0 Å². The lowest BCUT2D eigenvalue weighted by Crippen LogP contribution is -2.29. The third-order valence-electron chi connectivity index (χ3n) is 15.0. The van der Waals surface area contributed by atoms with Crippen LogP contribution in [0.1, 0.15) is 284 Å². The molecule has 0 fully saturated rings. The van der Waals surface area contributed by atoms with Gasteiger partial charge in [0.1, 0.15) is 6.61 Å². The van der Waals surface area contributed by atoms with E-state index in [2.05, 4.69) is 208 Å². The lowest BCUT2D eigenvalue weighted by atomic mass is 10.0. The number of hydrogen-bond acceptors (Lipinski definition) is 8. The van der Waals surface area contributed by atoms with Gasteiger partial charge in [0.2, 0.25) is 0 Å². The molecule has 0 aromatic rings. The summed E-state index contributed by atoms with van der Waals surface area (Å²) in [7, 11) is -4.41. The summed E-state index contributed by atoms with van der Waals surface area (Å²) in [5.41, 5.74) is 5.41. The van der Waals surface area contributed by atoms with E-state index in [1.54, 1.807) is 0 Å². The second kappa shape index (κ2) is 75.9. The van der Waals surface area contributed by atoms with Gasteiger partial charge in [-0.05, 0) is 141 Å². The molecule has 9 nitrogen and oxygen atoms in total. The molecular weight excluding hydrogens is 1170 g/mol. The van der Waals surface area contributed by atoms with Crippen molar-refractivity contribution in [2.45, 2.75) is 290 Å². The molecule has 0 heterocycles. The topological polar surface area (TPSA) is 134 Å². The van der Waals surface area contributed by atoms with E-state index in [1.165, 1.54) is 96.3 Å². The van der Waals surface area contributed by atoms with Gasteiger partial charge in [-0.15, -0.1) is 0 Å². The molecule has 0 aliphatic carbocycles. The predicted molar refractivity (Wildman–Crippen MR) is 403 cm³/mol. The molecule has 0 saturated heterocycles. The van der Waals surface area contributed by atoms with Crippen LogP contribution in [-0.2, 0) is 32.7 Å². The summed E-state index contributed by atoms with van der Waals surface area (Å²) in [5.74, 6) is -0.848. The number of rotatable bonds is 67. The summed E-state index contributed by atoms with van der Waals surface area (Å²) in [4.78, 5) is 35.4. The van der Waals surface area contributed by atoms with Crippen LogP contribution < -0.4 is 5.73 Å². The van der Waals surface area contributed by atoms with E-state index in [4.69, 9.17) is 24.3 Å². The molecule has 0 amide bonds. The first kappa shape index (κ1) is 87.9. The SMILES string of the molecule is CC/C=C\C/C=C\C/C=C\C/C=C\C/C=C\C/C=C\C/C=C\C/C=C\C/C=C\C/C=C\C/C=C\CCCCCCCCCC(=O)OC(COC(=O)CCCCCCCCCCCCCCCCC/C=C\C/C=C\C/C=C\C/C=C\C/C=C\CC)COP(=O)(O)OCCN. The highest BCUT2D eigenvalue weighted by molar-refractivity contribution is 7.47. The van der Waals surface area contributed by atoms with Gasteiger partial charge in [-0.25, -0.2) is 4.57 Å². The molecule has 0 rings (SSSR count). The second-order valence-corrected chi connectivity index (χ2v) is 25.1. The van der Waals surface area contributed by atoms with Crippen LogP contribution >= 0.6 is 7.82 Å². The first-order chi connectivity index (χ1) is 45.8. The Bertz CT molecular complexity index is 2230. The molecular formula is C83H134NO8P. The fourth-order valence-electron chi connectivity index (χ4n) is 9.61. The zero-order valence-electron chi connectivity index (χ0n) is 58.9.